The summed E-state index contributed by atoms with van der Waals surface area (Å²) in [6.45, 7) is 0.979. The Bertz CT molecular complexity index is 459. The minimum Gasteiger partial charge on any atom is -0.380 e. The van der Waals surface area contributed by atoms with Crippen LogP contribution in [0.1, 0.15) is 26.3 Å². The van der Waals surface area contributed by atoms with Crippen molar-refractivity contribution >= 4 is 23.4 Å². The maximum absolute atomic E-state index is 11.6. The van der Waals surface area contributed by atoms with Crippen molar-refractivity contribution in [3.05, 3.63) is 34.9 Å². The molecule has 0 atom stereocenters. The number of imide groups is 1. The van der Waals surface area contributed by atoms with Crippen LogP contribution in [0.3, 0.4) is 0 Å². The zero-order valence-electron chi connectivity index (χ0n) is 9.16. The van der Waals surface area contributed by atoms with Gasteiger partial charge in [0.2, 0.25) is 0 Å². The molecule has 1 aliphatic rings. The zero-order chi connectivity index (χ0) is 12.3. The number of ether oxygens (including phenoxy) is 1. The average Bonchev–Trinajstić information content (AvgIpc) is 2.62. The molecular formula is C12H12ClNO3. The molecule has 0 aromatic heterocycles. The van der Waals surface area contributed by atoms with Crippen LogP contribution in [-0.4, -0.2) is 30.9 Å². The van der Waals surface area contributed by atoms with Crippen molar-refractivity contribution in [2.24, 2.45) is 0 Å². The fourth-order valence-corrected chi connectivity index (χ4v) is 1.95. The van der Waals surface area contributed by atoms with Gasteiger partial charge in [0.25, 0.3) is 11.8 Å². The molecule has 90 valence electrons. The van der Waals surface area contributed by atoms with Crippen LogP contribution in [0.4, 0.5) is 0 Å². The first-order valence-corrected chi connectivity index (χ1v) is 5.88. The van der Waals surface area contributed by atoms with E-state index in [0.29, 0.717) is 36.6 Å². The maximum atomic E-state index is 11.6. The van der Waals surface area contributed by atoms with Gasteiger partial charge >= 0.3 is 0 Å². The molecule has 0 radical (unpaired) electrons. The molecule has 1 heterocycles. The molecule has 1 aromatic rings. The lowest BCUT2D eigenvalue weighted by Crippen LogP contribution is -2.20. The quantitative estimate of drug-likeness (QED) is 0.490. The Balaban J connectivity index is 2.14. The van der Waals surface area contributed by atoms with Gasteiger partial charge < -0.3 is 4.74 Å². The predicted molar refractivity (Wildman–Crippen MR) is 63.5 cm³/mol. The second-order valence-corrected chi connectivity index (χ2v) is 4.05. The summed E-state index contributed by atoms with van der Waals surface area (Å²) in [5, 5.41) is 2.28. The summed E-state index contributed by atoms with van der Waals surface area (Å²) in [5.41, 5.74) is 1.76. The van der Waals surface area contributed by atoms with Gasteiger partial charge in [-0.15, -0.1) is 11.6 Å². The Labute approximate surface area is 104 Å². The van der Waals surface area contributed by atoms with Crippen molar-refractivity contribution in [3.8, 4) is 0 Å². The second-order valence-electron chi connectivity index (χ2n) is 3.67. The lowest BCUT2D eigenvalue weighted by Gasteiger charge is -2.05. The van der Waals surface area contributed by atoms with Gasteiger partial charge in [0.1, 0.15) is 0 Å². The number of amides is 2. The van der Waals surface area contributed by atoms with E-state index >= 15 is 0 Å². The van der Waals surface area contributed by atoms with Gasteiger partial charge in [-0.3, -0.25) is 14.9 Å². The third-order valence-corrected chi connectivity index (χ3v) is 2.74. The Morgan fingerprint density at radius 1 is 1.18 bits per heavy atom. The average molecular weight is 254 g/mol. The Morgan fingerprint density at radius 3 is 2.76 bits per heavy atom. The molecule has 17 heavy (non-hydrogen) atoms. The van der Waals surface area contributed by atoms with E-state index < -0.39 is 0 Å². The van der Waals surface area contributed by atoms with Crippen molar-refractivity contribution in [1.29, 1.82) is 0 Å². The van der Waals surface area contributed by atoms with Gasteiger partial charge in [-0.1, -0.05) is 12.1 Å². The lowest BCUT2D eigenvalue weighted by molar-refractivity contribution is 0.0879. The summed E-state index contributed by atoms with van der Waals surface area (Å²) >= 11 is 5.49. The molecule has 0 saturated carbocycles. The van der Waals surface area contributed by atoms with Crippen molar-refractivity contribution < 1.29 is 14.3 Å². The number of carbonyl (C=O) groups is 2. The predicted octanol–water partition coefficient (Wildman–Crippen LogP) is 1.37. The molecule has 0 bridgehead atoms. The third-order valence-electron chi connectivity index (χ3n) is 2.59. The largest absolute Gasteiger partial charge is 0.380 e. The SMILES string of the molecule is O=C1NC(=O)c2c(CCOCCCl)cccc21. The van der Waals surface area contributed by atoms with Gasteiger partial charge in [-0.25, -0.2) is 0 Å². The zero-order valence-corrected chi connectivity index (χ0v) is 9.92. The van der Waals surface area contributed by atoms with Gasteiger partial charge in [-0.2, -0.15) is 0 Å². The number of alkyl halides is 1. The van der Waals surface area contributed by atoms with E-state index in [-0.39, 0.29) is 11.8 Å². The van der Waals surface area contributed by atoms with Crippen LogP contribution in [0.15, 0.2) is 18.2 Å². The Kier molecular flexibility index (Phi) is 3.76. The van der Waals surface area contributed by atoms with Gasteiger partial charge in [0.15, 0.2) is 0 Å². The highest BCUT2D eigenvalue weighted by molar-refractivity contribution is 6.22. The summed E-state index contributed by atoms with van der Waals surface area (Å²) in [7, 11) is 0. The van der Waals surface area contributed by atoms with E-state index in [1.165, 1.54) is 0 Å². The van der Waals surface area contributed by atoms with E-state index in [9.17, 15) is 9.59 Å². The normalized spacial score (nSPS) is 13.7. The highest BCUT2D eigenvalue weighted by Gasteiger charge is 2.28. The molecule has 0 fully saturated rings. The molecule has 1 aromatic carbocycles. The molecule has 0 aliphatic carbocycles. The monoisotopic (exact) mass is 253 g/mol. The molecule has 0 saturated heterocycles. The third kappa shape index (κ3) is 2.48. The standard InChI is InChI=1S/C12H12ClNO3/c13-5-7-17-6-4-8-2-1-3-9-10(8)12(16)14-11(9)15/h1-3H,4-7H2,(H,14,15,16). The van der Waals surface area contributed by atoms with E-state index in [0.717, 1.165) is 5.56 Å². The van der Waals surface area contributed by atoms with Crippen LogP contribution in [0.5, 0.6) is 0 Å². The van der Waals surface area contributed by atoms with Crippen LogP contribution in [0, 0.1) is 0 Å². The number of carbonyl (C=O) groups excluding carboxylic acids is 2. The fraction of sp³-hybridized carbons (Fsp3) is 0.333. The van der Waals surface area contributed by atoms with Crippen LogP contribution in [0.2, 0.25) is 0 Å². The summed E-state index contributed by atoms with van der Waals surface area (Å²) in [6.07, 6.45) is 0.598. The van der Waals surface area contributed by atoms with E-state index in [1.807, 2.05) is 6.07 Å². The van der Waals surface area contributed by atoms with Crippen LogP contribution in [-0.2, 0) is 11.2 Å². The fourth-order valence-electron chi connectivity index (χ4n) is 1.84. The Morgan fingerprint density at radius 2 is 2.00 bits per heavy atom. The number of benzene rings is 1. The molecule has 2 rings (SSSR count). The number of nitrogens with one attached hydrogen (secondary N) is 1. The van der Waals surface area contributed by atoms with Crippen molar-refractivity contribution in [2.75, 3.05) is 19.1 Å². The van der Waals surface area contributed by atoms with Crippen LogP contribution < -0.4 is 5.32 Å². The van der Waals surface area contributed by atoms with Crippen LogP contribution in [0.25, 0.3) is 0 Å². The molecule has 5 heteroatoms. The molecule has 4 nitrogen and oxygen atoms in total. The summed E-state index contributed by atoms with van der Waals surface area (Å²) in [4.78, 5) is 23.0. The van der Waals surface area contributed by atoms with Crippen LogP contribution >= 0.6 is 11.6 Å². The number of halogens is 1. The van der Waals surface area contributed by atoms with Crippen molar-refractivity contribution in [1.82, 2.24) is 5.32 Å². The Hall–Kier alpha value is -1.39. The van der Waals surface area contributed by atoms with E-state index in [4.69, 9.17) is 16.3 Å². The summed E-state index contributed by atoms with van der Waals surface area (Å²) in [5.74, 6) is -0.197. The first-order chi connectivity index (χ1) is 8.24. The maximum Gasteiger partial charge on any atom is 0.259 e. The van der Waals surface area contributed by atoms with Gasteiger partial charge in [0, 0.05) is 5.88 Å². The molecule has 1 aliphatic heterocycles. The topological polar surface area (TPSA) is 55.4 Å². The number of hydrogen-bond donors (Lipinski definition) is 1. The smallest absolute Gasteiger partial charge is 0.259 e. The lowest BCUT2D eigenvalue weighted by atomic mass is 10.0. The second kappa shape index (κ2) is 5.29. The van der Waals surface area contributed by atoms with Crippen molar-refractivity contribution in [2.45, 2.75) is 6.42 Å². The first kappa shape index (κ1) is 12.1. The van der Waals surface area contributed by atoms with E-state index in [2.05, 4.69) is 5.32 Å². The first-order valence-electron chi connectivity index (χ1n) is 5.35. The molecule has 0 spiro atoms. The minimum atomic E-state index is -0.325. The number of fused-ring (bicyclic) bond motifs is 1. The van der Waals surface area contributed by atoms with E-state index in [1.54, 1.807) is 12.1 Å². The highest BCUT2D eigenvalue weighted by Crippen LogP contribution is 2.20. The minimum absolute atomic E-state index is 0.321. The summed E-state index contributed by atoms with van der Waals surface area (Å²) < 4.78 is 5.26. The molecule has 0 unspecified atom stereocenters. The highest BCUT2D eigenvalue weighted by atomic mass is 35.5. The van der Waals surface area contributed by atoms with Gasteiger partial charge in [-0.05, 0) is 18.1 Å². The molecule has 2 amide bonds. The van der Waals surface area contributed by atoms with Crippen molar-refractivity contribution in [3.63, 3.8) is 0 Å². The summed E-state index contributed by atoms with van der Waals surface area (Å²) in [6, 6.07) is 5.26. The van der Waals surface area contributed by atoms with Gasteiger partial charge in [0.05, 0.1) is 24.3 Å². The molecule has 1 N–H and O–H groups in total. The molecular weight excluding hydrogens is 242 g/mol. The number of hydrogen-bond acceptors (Lipinski definition) is 3. The number of rotatable bonds is 5.